The van der Waals surface area contributed by atoms with E-state index in [1.165, 1.54) is 32.1 Å². The molecule has 0 atom stereocenters. The van der Waals surface area contributed by atoms with Crippen LogP contribution in [-0.4, -0.2) is 5.48 Å². The van der Waals surface area contributed by atoms with E-state index in [1.54, 1.807) is 5.57 Å². The van der Waals surface area contributed by atoms with Gasteiger partial charge in [0, 0.05) is 0 Å². The van der Waals surface area contributed by atoms with Crippen LogP contribution in [0.3, 0.4) is 0 Å². The van der Waals surface area contributed by atoms with Gasteiger partial charge in [-0.25, -0.2) is 0 Å². The zero-order valence-corrected chi connectivity index (χ0v) is 7.27. The third kappa shape index (κ3) is 3.99. The first-order valence-electron chi connectivity index (χ1n) is 4.29. The van der Waals surface area contributed by atoms with E-state index in [4.69, 9.17) is 0 Å². The molecule has 0 aromatic carbocycles. The molecule has 11 heavy (non-hydrogen) atoms. The second-order valence-corrected chi connectivity index (χ2v) is 2.86. The number of rotatable bonds is 3. The Hall–Kier alpha value is -0.560. The average Bonchev–Trinajstić information content (AvgIpc) is 2.03. The molecule has 0 aromatic heterocycles. The van der Waals surface area contributed by atoms with Crippen LogP contribution < -0.4 is 0 Å². The zero-order chi connectivity index (χ0) is 7.23. The first-order chi connectivity index (χ1) is 4.93. The molecule has 1 heteroatoms. The highest BCUT2D eigenvalue weighted by atomic mass is 16.0. The maximum absolute atomic E-state index is 2.37. The Kier molecular flexibility index (Phi) is 5.86. The normalized spacial score (nSPS) is 15.5. The molecule has 0 saturated heterocycles. The van der Waals surface area contributed by atoms with Crippen LogP contribution in [0.1, 0.15) is 39.0 Å². The van der Waals surface area contributed by atoms with Crippen LogP contribution in [0.4, 0.5) is 0 Å². The molecule has 0 aliphatic heterocycles. The molecule has 0 aromatic rings. The maximum Gasteiger partial charge on any atom is -0.0282 e. The lowest BCUT2D eigenvalue weighted by Gasteiger charge is -2.04. The predicted molar refractivity (Wildman–Crippen MR) is 49.6 cm³/mol. The summed E-state index contributed by atoms with van der Waals surface area (Å²) >= 11 is 0. The molecule has 0 unspecified atom stereocenters. The van der Waals surface area contributed by atoms with Gasteiger partial charge in [-0.05, 0) is 25.7 Å². The van der Waals surface area contributed by atoms with Crippen molar-refractivity contribution < 1.29 is 5.48 Å². The Balaban J connectivity index is 0.000001000. The Morgan fingerprint density at radius 2 is 2.18 bits per heavy atom. The molecule has 0 amide bonds. The van der Waals surface area contributed by atoms with Crippen LogP contribution in [0.25, 0.3) is 0 Å². The van der Waals surface area contributed by atoms with Crippen molar-refractivity contribution in [2.45, 2.75) is 39.0 Å². The van der Waals surface area contributed by atoms with Crippen LogP contribution in [0.15, 0.2) is 23.8 Å². The summed E-state index contributed by atoms with van der Waals surface area (Å²) in [5.74, 6) is 0. The number of unbranched alkanes of at least 4 members (excludes halogenated alkanes) is 1. The molecule has 1 rings (SSSR count). The average molecular weight is 154 g/mol. The van der Waals surface area contributed by atoms with E-state index in [1.807, 2.05) is 0 Å². The molecule has 1 aliphatic rings. The highest BCUT2D eigenvalue weighted by Gasteiger charge is 1.94. The fraction of sp³-hybridized carbons (Fsp3) is 0.600. The molecular formula is C10H18O. The van der Waals surface area contributed by atoms with Gasteiger partial charge in [-0.2, -0.15) is 0 Å². The van der Waals surface area contributed by atoms with E-state index < -0.39 is 0 Å². The second kappa shape index (κ2) is 6.17. The van der Waals surface area contributed by atoms with Crippen molar-refractivity contribution in [3.8, 4) is 0 Å². The molecule has 0 radical (unpaired) electrons. The first kappa shape index (κ1) is 10.4. The van der Waals surface area contributed by atoms with Gasteiger partial charge in [0.1, 0.15) is 0 Å². The standard InChI is InChI=1S/C10H16.H2O/c1-2-3-7-10-8-5-4-6-9-10;/h5,8-9H,2-4,6-7H2,1H3;1H2. The molecule has 64 valence electrons. The molecule has 1 aliphatic carbocycles. The summed E-state index contributed by atoms with van der Waals surface area (Å²) in [5.41, 5.74) is 1.55. The smallest absolute Gasteiger partial charge is 0.0282 e. The van der Waals surface area contributed by atoms with E-state index in [-0.39, 0.29) is 5.48 Å². The molecule has 0 spiro atoms. The van der Waals surface area contributed by atoms with Crippen molar-refractivity contribution in [2.24, 2.45) is 0 Å². The topological polar surface area (TPSA) is 31.5 Å². The quantitative estimate of drug-likeness (QED) is 0.598. The van der Waals surface area contributed by atoms with Crippen molar-refractivity contribution in [3.63, 3.8) is 0 Å². The van der Waals surface area contributed by atoms with E-state index >= 15 is 0 Å². The summed E-state index contributed by atoms with van der Waals surface area (Å²) in [6.45, 7) is 2.24. The third-order valence-corrected chi connectivity index (χ3v) is 1.89. The Bertz CT molecular complexity index is 145. The van der Waals surface area contributed by atoms with E-state index in [2.05, 4.69) is 25.2 Å². The minimum Gasteiger partial charge on any atom is -0.412 e. The van der Waals surface area contributed by atoms with E-state index in [0.29, 0.717) is 0 Å². The van der Waals surface area contributed by atoms with E-state index in [0.717, 1.165) is 0 Å². The van der Waals surface area contributed by atoms with Gasteiger partial charge in [0.05, 0.1) is 0 Å². The predicted octanol–water partition coefficient (Wildman–Crippen LogP) is 2.63. The Labute approximate surface area is 69.1 Å². The summed E-state index contributed by atoms with van der Waals surface area (Å²) in [6.07, 6.45) is 13.4. The lowest BCUT2D eigenvalue weighted by molar-refractivity contribution is 0.789. The fourth-order valence-corrected chi connectivity index (χ4v) is 1.23. The van der Waals surface area contributed by atoms with Gasteiger partial charge in [0.2, 0.25) is 0 Å². The van der Waals surface area contributed by atoms with Crippen molar-refractivity contribution >= 4 is 0 Å². The second-order valence-electron chi connectivity index (χ2n) is 2.86. The monoisotopic (exact) mass is 154 g/mol. The molecule has 0 saturated carbocycles. The van der Waals surface area contributed by atoms with Gasteiger partial charge in [0.25, 0.3) is 0 Å². The van der Waals surface area contributed by atoms with Crippen molar-refractivity contribution in [1.29, 1.82) is 0 Å². The van der Waals surface area contributed by atoms with E-state index in [9.17, 15) is 0 Å². The molecule has 0 heterocycles. The minimum atomic E-state index is 0. The van der Waals surface area contributed by atoms with Gasteiger partial charge < -0.3 is 5.48 Å². The lowest BCUT2D eigenvalue weighted by Crippen LogP contribution is -1.84. The number of allylic oxidation sites excluding steroid dienone is 4. The van der Waals surface area contributed by atoms with Gasteiger partial charge in [-0.3, -0.25) is 0 Å². The van der Waals surface area contributed by atoms with Crippen molar-refractivity contribution in [3.05, 3.63) is 23.8 Å². The van der Waals surface area contributed by atoms with Crippen LogP contribution in [0.5, 0.6) is 0 Å². The summed E-state index contributed by atoms with van der Waals surface area (Å²) in [4.78, 5) is 0. The van der Waals surface area contributed by atoms with Crippen LogP contribution in [-0.2, 0) is 0 Å². The summed E-state index contributed by atoms with van der Waals surface area (Å²) in [6, 6.07) is 0. The molecule has 1 nitrogen and oxygen atoms in total. The Morgan fingerprint density at radius 1 is 1.36 bits per heavy atom. The summed E-state index contributed by atoms with van der Waals surface area (Å²) in [7, 11) is 0. The fourth-order valence-electron chi connectivity index (χ4n) is 1.23. The van der Waals surface area contributed by atoms with Crippen LogP contribution in [0, 0.1) is 0 Å². The lowest BCUT2D eigenvalue weighted by atomic mass is 10.0. The number of hydrogen-bond acceptors (Lipinski definition) is 0. The van der Waals surface area contributed by atoms with Crippen molar-refractivity contribution in [2.75, 3.05) is 0 Å². The van der Waals surface area contributed by atoms with Gasteiger partial charge in [0.15, 0.2) is 0 Å². The largest absolute Gasteiger partial charge is 0.412 e. The van der Waals surface area contributed by atoms with Crippen LogP contribution >= 0.6 is 0 Å². The SMILES string of the molecule is CCCCC1=CCCC=C1.O. The molecule has 2 N–H and O–H groups in total. The van der Waals surface area contributed by atoms with Gasteiger partial charge in [-0.15, -0.1) is 0 Å². The molecule has 0 bridgehead atoms. The van der Waals surface area contributed by atoms with Crippen molar-refractivity contribution in [1.82, 2.24) is 0 Å². The van der Waals surface area contributed by atoms with Gasteiger partial charge >= 0.3 is 0 Å². The minimum absolute atomic E-state index is 0. The highest BCUT2D eigenvalue weighted by molar-refractivity contribution is 5.21. The first-order valence-corrected chi connectivity index (χ1v) is 4.29. The third-order valence-electron chi connectivity index (χ3n) is 1.89. The molecular weight excluding hydrogens is 136 g/mol. The summed E-state index contributed by atoms with van der Waals surface area (Å²) in [5, 5.41) is 0. The van der Waals surface area contributed by atoms with Crippen LogP contribution in [0.2, 0.25) is 0 Å². The highest BCUT2D eigenvalue weighted by Crippen LogP contribution is 2.15. The maximum atomic E-state index is 2.37. The number of hydrogen-bond donors (Lipinski definition) is 0. The zero-order valence-electron chi connectivity index (χ0n) is 7.27. The van der Waals surface area contributed by atoms with Gasteiger partial charge in [-0.1, -0.05) is 37.1 Å². The molecule has 0 fully saturated rings. The summed E-state index contributed by atoms with van der Waals surface area (Å²) < 4.78 is 0. The Morgan fingerprint density at radius 3 is 2.73 bits per heavy atom.